The Morgan fingerprint density at radius 3 is 2.82 bits per heavy atom. The Morgan fingerprint density at radius 1 is 1.29 bits per heavy atom. The van der Waals surface area contributed by atoms with E-state index in [1.807, 2.05) is 22.9 Å². The van der Waals surface area contributed by atoms with Gasteiger partial charge in [0.2, 0.25) is 17.7 Å². The zero-order chi connectivity index (χ0) is 19.8. The molecule has 8 nitrogen and oxygen atoms in total. The Kier molecular flexibility index (Phi) is 5.03. The van der Waals surface area contributed by atoms with Crippen LogP contribution in [0.4, 0.5) is 0 Å². The second-order valence-electron chi connectivity index (χ2n) is 7.91. The van der Waals surface area contributed by atoms with Crippen molar-refractivity contribution in [1.82, 2.24) is 24.7 Å². The third kappa shape index (κ3) is 3.36. The van der Waals surface area contributed by atoms with E-state index >= 15 is 0 Å². The quantitative estimate of drug-likeness (QED) is 0.772. The van der Waals surface area contributed by atoms with E-state index in [2.05, 4.69) is 4.98 Å². The lowest BCUT2D eigenvalue weighted by Gasteiger charge is -2.31. The predicted octanol–water partition coefficient (Wildman–Crippen LogP) is 0.913. The minimum atomic E-state index is -0.239. The molecule has 2 unspecified atom stereocenters. The van der Waals surface area contributed by atoms with E-state index in [0.717, 1.165) is 30.6 Å². The number of rotatable bonds is 3. The molecule has 28 heavy (non-hydrogen) atoms. The first kappa shape index (κ1) is 18.8. The molecule has 3 aliphatic heterocycles. The van der Waals surface area contributed by atoms with E-state index in [-0.39, 0.29) is 29.7 Å². The van der Waals surface area contributed by atoms with E-state index in [9.17, 15) is 14.4 Å². The van der Waals surface area contributed by atoms with Crippen LogP contribution in [-0.2, 0) is 27.3 Å². The van der Waals surface area contributed by atoms with Gasteiger partial charge in [0.05, 0.1) is 17.7 Å². The van der Waals surface area contributed by atoms with Gasteiger partial charge in [0, 0.05) is 64.2 Å². The minimum Gasteiger partial charge on any atom is -0.342 e. The van der Waals surface area contributed by atoms with Gasteiger partial charge in [-0.15, -0.1) is 0 Å². The van der Waals surface area contributed by atoms with Crippen LogP contribution < -0.4 is 0 Å². The van der Waals surface area contributed by atoms with Gasteiger partial charge in [0.15, 0.2) is 5.82 Å². The van der Waals surface area contributed by atoms with Crippen LogP contribution in [-0.4, -0.2) is 68.6 Å². The molecule has 4 heterocycles. The summed E-state index contributed by atoms with van der Waals surface area (Å²) in [5, 5.41) is 0. The van der Waals surface area contributed by atoms with Crippen molar-refractivity contribution in [2.45, 2.75) is 52.1 Å². The maximum absolute atomic E-state index is 12.9. The van der Waals surface area contributed by atoms with Crippen LogP contribution in [0.25, 0.3) is 0 Å². The highest BCUT2D eigenvalue weighted by molar-refractivity contribution is 5.89. The fraction of sp³-hybridized carbons (Fsp3) is 0.650. The van der Waals surface area contributed by atoms with Gasteiger partial charge in [0.25, 0.3) is 0 Å². The van der Waals surface area contributed by atoms with E-state index in [0.29, 0.717) is 44.8 Å². The second-order valence-corrected chi connectivity index (χ2v) is 7.91. The zero-order valence-electron chi connectivity index (χ0n) is 16.6. The number of nitrogens with zero attached hydrogens (tertiary/aromatic N) is 5. The number of hydrogen-bond donors (Lipinski definition) is 0. The maximum atomic E-state index is 12.9. The van der Waals surface area contributed by atoms with Gasteiger partial charge in [-0.2, -0.15) is 0 Å². The summed E-state index contributed by atoms with van der Waals surface area (Å²) in [6.07, 6.45) is 4.68. The van der Waals surface area contributed by atoms with Crippen molar-refractivity contribution >= 4 is 17.7 Å². The number of aromatic nitrogens is 2. The zero-order valence-corrected chi connectivity index (χ0v) is 16.6. The fourth-order valence-corrected chi connectivity index (χ4v) is 4.59. The van der Waals surface area contributed by atoms with E-state index in [4.69, 9.17) is 4.98 Å². The minimum absolute atomic E-state index is 0.0352. The van der Waals surface area contributed by atoms with Crippen LogP contribution in [0.2, 0.25) is 0 Å². The molecule has 8 heteroatoms. The summed E-state index contributed by atoms with van der Waals surface area (Å²) >= 11 is 0. The van der Waals surface area contributed by atoms with Crippen LogP contribution in [0.1, 0.15) is 56.2 Å². The number of hydrogen-bond acceptors (Lipinski definition) is 5. The average molecular weight is 385 g/mol. The van der Waals surface area contributed by atoms with E-state index < -0.39 is 0 Å². The summed E-state index contributed by atoms with van der Waals surface area (Å²) in [5.41, 5.74) is 1.94. The highest BCUT2D eigenvalue weighted by atomic mass is 16.2. The molecule has 2 saturated heterocycles. The SMILES string of the molecule is CCN1CC(C(=O)N2CCc3nc(C4CCCN4C(C)=O)ncc3C2)CC1=O. The van der Waals surface area contributed by atoms with Crippen LogP contribution in [0.3, 0.4) is 0 Å². The third-order valence-corrected chi connectivity index (χ3v) is 6.17. The fourth-order valence-electron chi connectivity index (χ4n) is 4.59. The van der Waals surface area contributed by atoms with Crippen molar-refractivity contribution in [3.63, 3.8) is 0 Å². The smallest absolute Gasteiger partial charge is 0.228 e. The molecule has 150 valence electrons. The van der Waals surface area contributed by atoms with Crippen LogP contribution in [0, 0.1) is 5.92 Å². The summed E-state index contributed by atoms with van der Waals surface area (Å²) in [5.74, 6) is 0.659. The molecule has 0 N–H and O–H groups in total. The van der Waals surface area contributed by atoms with Crippen molar-refractivity contribution in [1.29, 1.82) is 0 Å². The number of fused-ring (bicyclic) bond motifs is 1. The second kappa shape index (κ2) is 7.48. The van der Waals surface area contributed by atoms with E-state index in [1.54, 1.807) is 11.8 Å². The molecule has 0 saturated carbocycles. The topological polar surface area (TPSA) is 86.7 Å². The normalized spacial score (nSPS) is 24.6. The molecule has 0 radical (unpaired) electrons. The van der Waals surface area contributed by atoms with Crippen molar-refractivity contribution < 1.29 is 14.4 Å². The van der Waals surface area contributed by atoms with E-state index in [1.165, 1.54) is 0 Å². The highest BCUT2D eigenvalue weighted by Gasteiger charge is 2.37. The average Bonchev–Trinajstić information content (AvgIpc) is 3.33. The van der Waals surface area contributed by atoms with Crippen molar-refractivity contribution in [2.75, 3.05) is 26.2 Å². The molecule has 0 bridgehead atoms. The molecular weight excluding hydrogens is 358 g/mol. The van der Waals surface area contributed by atoms with Gasteiger partial charge in [-0.25, -0.2) is 9.97 Å². The molecule has 2 atom stereocenters. The predicted molar refractivity (Wildman–Crippen MR) is 101 cm³/mol. The van der Waals surface area contributed by atoms with Crippen molar-refractivity contribution in [2.24, 2.45) is 5.92 Å². The molecule has 3 aliphatic rings. The standard InChI is InChI=1S/C20H27N5O3/c1-3-23-11-14(9-18(23)27)20(28)24-8-6-16-15(12-24)10-21-19(22-16)17-5-4-7-25(17)13(2)26/h10,14,17H,3-9,11-12H2,1-2H3. The molecule has 1 aromatic heterocycles. The summed E-state index contributed by atoms with van der Waals surface area (Å²) in [7, 11) is 0. The maximum Gasteiger partial charge on any atom is 0.228 e. The van der Waals surface area contributed by atoms with Crippen molar-refractivity contribution in [3.8, 4) is 0 Å². The lowest BCUT2D eigenvalue weighted by molar-refractivity contribution is -0.136. The Balaban J connectivity index is 1.46. The lowest BCUT2D eigenvalue weighted by atomic mass is 10.0. The highest BCUT2D eigenvalue weighted by Crippen LogP contribution is 2.31. The Labute approximate surface area is 164 Å². The van der Waals surface area contributed by atoms with Gasteiger partial charge in [0.1, 0.15) is 0 Å². The van der Waals surface area contributed by atoms with Gasteiger partial charge in [-0.05, 0) is 19.8 Å². The molecule has 2 fully saturated rings. The summed E-state index contributed by atoms with van der Waals surface area (Å²) in [4.78, 5) is 51.4. The monoisotopic (exact) mass is 385 g/mol. The van der Waals surface area contributed by atoms with Gasteiger partial charge in [-0.1, -0.05) is 0 Å². The lowest BCUT2D eigenvalue weighted by Crippen LogP contribution is -2.41. The number of carbonyl (C=O) groups excluding carboxylic acids is 3. The number of amides is 3. The molecular formula is C20H27N5O3. The van der Waals surface area contributed by atoms with Crippen molar-refractivity contribution in [3.05, 3.63) is 23.3 Å². The molecule has 0 aromatic carbocycles. The number of carbonyl (C=O) groups is 3. The van der Waals surface area contributed by atoms with Gasteiger partial charge < -0.3 is 14.7 Å². The number of likely N-dealkylation sites (tertiary alicyclic amines) is 2. The first-order valence-electron chi connectivity index (χ1n) is 10.2. The summed E-state index contributed by atoms with van der Waals surface area (Å²) in [6, 6.07) is -0.0352. The summed E-state index contributed by atoms with van der Waals surface area (Å²) < 4.78 is 0. The van der Waals surface area contributed by atoms with Gasteiger partial charge in [-0.3, -0.25) is 14.4 Å². The Hall–Kier alpha value is -2.51. The van der Waals surface area contributed by atoms with Crippen LogP contribution >= 0.6 is 0 Å². The first-order chi connectivity index (χ1) is 13.5. The largest absolute Gasteiger partial charge is 0.342 e. The molecule has 0 aliphatic carbocycles. The Bertz CT molecular complexity index is 811. The van der Waals surface area contributed by atoms with Crippen LogP contribution in [0.15, 0.2) is 6.20 Å². The Morgan fingerprint density at radius 2 is 2.11 bits per heavy atom. The van der Waals surface area contributed by atoms with Crippen LogP contribution in [0.5, 0.6) is 0 Å². The van der Waals surface area contributed by atoms with Gasteiger partial charge >= 0.3 is 0 Å². The first-order valence-corrected chi connectivity index (χ1v) is 10.2. The third-order valence-electron chi connectivity index (χ3n) is 6.17. The molecule has 0 spiro atoms. The molecule has 4 rings (SSSR count). The molecule has 3 amide bonds. The summed E-state index contributed by atoms with van der Waals surface area (Å²) in [6.45, 7) is 6.57. The molecule has 1 aromatic rings.